The molecule has 0 saturated carbocycles. The van der Waals surface area contributed by atoms with E-state index in [0.717, 1.165) is 0 Å². The average molecular weight is 358 g/mol. The zero-order chi connectivity index (χ0) is 15.9. The van der Waals surface area contributed by atoms with Crippen molar-refractivity contribution in [2.75, 3.05) is 11.9 Å². The van der Waals surface area contributed by atoms with Crippen LogP contribution in [0.5, 0.6) is 0 Å². The molecular weight excluding hydrogens is 347 g/mol. The molecule has 0 saturated heterocycles. The number of hydrogen-bond donors (Lipinski definition) is 1. The number of benzene rings is 2. The Kier molecular flexibility index (Phi) is 6.07. The van der Waals surface area contributed by atoms with Crippen LogP contribution in [0.1, 0.15) is 5.56 Å². The van der Waals surface area contributed by atoms with Crippen LogP contribution < -0.4 is 5.32 Å². The number of carbonyl (C=O) groups excluding carboxylic acids is 1. The van der Waals surface area contributed by atoms with Gasteiger partial charge >= 0.3 is 0 Å². The summed E-state index contributed by atoms with van der Waals surface area (Å²) in [7, 11) is 0. The fraction of sp³-hybridized carbons (Fsp3) is 0.0667. The van der Waals surface area contributed by atoms with E-state index in [1.54, 1.807) is 42.5 Å². The van der Waals surface area contributed by atoms with Crippen molar-refractivity contribution < 1.29 is 9.63 Å². The summed E-state index contributed by atoms with van der Waals surface area (Å²) < 4.78 is 0. The van der Waals surface area contributed by atoms with Crippen LogP contribution >= 0.6 is 34.8 Å². The van der Waals surface area contributed by atoms with Gasteiger partial charge in [0, 0.05) is 16.3 Å². The molecule has 114 valence electrons. The monoisotopic (exact) mass is 356 g/mol. The Morgan fingerprint density at radius 3 is 2.59 bits per heavy atom. The van der Waals surface area contributed by atoms with Gasteiger partial charge in [0.25, 0.3) is 5.91 Å². The highest BCUT2D eigenvalue weighted by atomic mass is 35.5. The van der Waals surface area contributed by atoms with Gasteiger partial charge in [0.15, 0.2) is 6.61 Å². The molecule has 0 atom stereocenters. The van der Waals surface area contributed by atoms with Gasteiger partial charge in [-0.1, -0.05) is 52.1 Å². The summed E-state index contributed by atoms with van der Waals surface area (Å²) in [6.07, 6.45) is 1.39. The highest BCUT2D eigenvalue weighted by Gasteiger charge is 2.04. The molecule has 0 aliphatic heterocycles. The molecule has 22 heavy (non-hydrogen) atoms. The standard InChI is InChI=1S/C15H11Cl3N2O2/c16-11-4-6-12(7-5-11)20-14(21)9-22-19-8-10-2-1-3-13(17)15(10)18/h1-8H,9H2,(H,20,21)/b19-8-. The largest absolute Gasteiger partial charge is 0.386 e. The number of rotatable bonds is 5. The summed E-state index contributed by atoms with van der Waals surface area (Å²) in [6.45, 7) is -0.225. The lowest BCUT2D eigenvalue weighted by atomic mass is 10.2. The molecule has 0 aliphatic carbocycles. The first-order valence-electron chi connectivity index (χ1n) is 6.21. The minimum absolute atomic E-state index is 0.225. The van der Waals surface area contributed by atoms with Crippen molar-refractivity contribution in [1.82, 2.24) is 0 Å². The molecule has 1 amide bonds. The topological polar surface area (TPSA) is 50.7 Å². The molecule has 0 spiro atoms. The lowest BCUT2D eigenvalue weighted by Crippen LogP contribution is -2.16. The molecule has 0 unspecified atom stereocenters. The lowest BCUT2D eigenvalue weighted by molar-refractivity contribution is -0.120. The number of amides is 1. The van der Waals surface area contributed by atoms with Gasteiger partial charge in [0.1, 0.15) is 0 Å². The quantitative estimate of drug-likeness (QED) is 0.626. The van der Waals surface area contributed by atoms with Crippen LogP contribution in [-0.2, 0) is 9.63 Å². The van der Waals surface area contributed by atoms with E-state index in [9.17, 15) is 4.79 Å². The van der Waals surface area contributed by atoms with Gasteiger partial charge < -0.3 is 10.2 Å². The number of nitrogens with zero attached hydrogens (tertiary/aromatic N) is 1. The van der Waals surface area contributed by atoms with Gasteiger partial charge in [-0.25, -0.2) is 0 Å². The van der Waals surface area contributed by atoms with E-state index >= 15 is 0 Å². The number of halogens is 3. The molecule has 0 radical (unpaired) electrons. The van der Waals surface area contributed by atoms with Crippen LogP contribution in [0.4, 0.5) is 5.69 Å². The van der Waals surface area contributed by atoms with Gasteiger partial charge in [-0.3, -0.25) is 4.79 Å². The molecule has 4 nitrogen and oxygen atoms in total. The Morgan fingerprint density at radius 1 is 1.14 bits per heavy atom. The molecule has 0 heterocycles. The first kappa shape index (κ1) is 16.6. The maximum Gasteiger partial charge on any atom is 0.265 e. The predicted molar refractivity (Wildman–Crippen MR) is 90.1 cm³/mol. The zero-order valence-electron chi connectivity index (χ0n) is 11.2. The summed E-state index contributed by atoms with van der Waals surface area (Å²) in [5.74, 6) is -0.336. The van der Waals surface area contributed by atoms with E-state index in [0.29, 0.717) is 26.3 Å². The third-order valence-corrected chi connectivity index (χ3v) is 3.66. The van der Waals surface area contributed by atoms with Crippen molar-refractivity contribution in [3.8, 4) is 0 Å². The molecule has 0 bridgehead atoms. The molecule has 2 rings (SSSR count). The van der Waals surface area contributed by atoms with E-state index in [-0.39, 0.29) is 12.5 Å². The van der Waals surface area contributed by atoms with Crippen LogP contribution in [0.15, 0.2) is 47.6 Å². The summed E-state index contributed by atoms with van der Waals surface area (Å²) in [4.78, 5) is 16.6. The minimum atomic E-state index is -0.336. The lowest BCUT2D eigenvalue weighted by Gasteiger charge is -2.04. The molecule has 1 N–H and O–H groups in total. The summed E-state index contributed by atoms with van der Waals surface area (Å²) >= 11 is 17.6. The van der Waals surface area contributed by atoms with Crippen LogP contribution in [0.3, 0.4) is 0 Å². The third kappa shape index (κ3) is 4.91. The fourth-order valence-electron chi connectivity index (χ4n) is 1.54. The molecule has 2 aromatic rings. The van der Waals surface area contributed by atoms with Gasteiger partial charge in [-0.05, 0) is 30.3 Å². The van der Waals surface area contributed by atoms with Gasteiger partial charge in [0.05, 0.1) is 16.3 Å². The van der Waals surface area contributed by atoms with Crippen molar-refractivity contribution in [2.24, 2.45) is 5.16 Å². The van der Waals surface area contributed by atoms with Gasteiger partial charge in [-0.15, -0.1) is 0 Å². The highest BCUT2D eigenvalue weighted by molar-refractivity contribution is 6.43. The number of carbonyl (C=O) groups is 1. The van der Waals surface area contributed by atoms with Crippen LogP contribution in [0.2, 0.25) is 15.1 Å². The maximum absolute atomic E-state index is 11.6. The van der Waals surface area contributed by atoms with Crippen molar-refractivity contribution >= 4 is 52.6 Å². The number of nitrogens with one attached hydrogen (secondary N) is 1. The molecular formula is C15H11Cl3N2O2. The second-order valence-electron chi connectivity index (χ2n) is 4.21. The van der Waals surface area contributed by atoms with E-state index in [1.165, 1.54) is 6.21 Å². The molecule has 0 aromatic heterocycles. The molecule has 0 aliphatic rings. The van der Waals surface area contributed by atoms with Gasteiger partial charge in [0.2, 0.25) is 0 Å². The van der Waals surface area contributed by atoms with Crippen LogP contribution in [-0.4, -0.2) is 18.7 Å². The normalized spacial score (nSPS) is 10.7. The smallest absolute Gasteiger partial charge is 0.265 e. The maximum atomic E-state index is 11.6. The first-order valence-corrected chi connectivity index (χ1v) is 7.34. The predicted octanol–water partition coefficient (Wildman–Crippen LogP) is 4.64. The first-order chi connectivity index (χ1) is 10.6. The van der Waals surface area contributed by atoms with Crippen molar-refractivity contribution in [2.45, 2.75) is 0 Å². The van der Waals surface area contributed by atoms with Crippen molar-refractivity contribution in [3.05, 3.63) is 63.1 Å². The average Bonchev–Trinajstić information content (AvgIpc) is 2.50. The van der Waals surface area contributed by atoms with E-state index in [2.05, 4.69) is 10.5 Å². The van der Waals surface area contributed by atoms with Crippen molar-refractivity contribution in [1.29, 1.82) is 0 Å². The summed E-state index contributed by atoms with van der Waals surface area (Å²) in [5, 5.41) is 7.73. The second-order valence-corrected chi connectivity index (χ2v) is 5.43. The summed E-state index contributed by atoms with van der Waals surface area (Å²) in [5.41, 5.74) is 1.23. The van der Waals surface area contributed by atoms with E-state index in [1.807, 2.05) is 0 Å². The Balaban J connectivity index is 1.83. The van der Waals surface area contributed by atoms with Crippen LogP contribution in [0.25, 0.3) is 0 Å². The Morgan fingerprint density at radius 2 is 1.86 bits per heavy atom. The zero-order valence-corrected chi connectivity index (χ0v) is 13.5. The SMILES string of the molecule is O=C(CO/N=C\c1cccc(Cl)c1Cl)Nc1ccc(Cl)cc1. The Bertz CT molecular complexity index is 688. The molecule has 0 fully saturated rings. The highest BCUT2D eigenvalue weighted by Crippen LogP contribution is 2.24. The Labute approximate surface area is 142 Å². The molecule has 2 aromatic carbocycles. The van der Waals surface area contributed by atoms with E-state index in [4.69, 9.17) is 39.6 Å². The minimum Gasteiger partial charge on any atom is -0.386 e. The van der Waals surface area contributed by atoms with E-state index < -0.39 is 0 Å². The number of hydrogen-bond acceptors (Lipinski definition) is 3. The van der Waals surface area contributed by atoms with Gasteiger partial charge in [-0.2, -0.15) is 0 Å². The summed E-state index contributed by atoms with van der Waals surface area (Å²) in [6, 6.07) is 11.9. The fourth-order valence-corrected chi connectivity index (χ4v) is 2.02. The number of anilines is 1. The Hall–Kier alpha value is -1.75. The third-order valence-electron chi connectivity index (χ3n) is 2.57. The second kappa shape index (κ2) is 8.03. The van der Waals surface area contributed by atoms with Crippen LogP contribution in [0, 0.1) is 0 Å². The van der Waals surface area contributed by atoms with Crippen molar-refractivity contribution in [3.63, 3.8) is 0 Å². The molecule has 7 heteroatoms. The number of oxime groups is 1.